The summed E-state index contributed by atoms with van der Waals surface area (Å²) in [6.45, 7) is 6.51. The predicted octanol–water partition coefficient (Wildman–Crippen LogP) is 1.95. The Kier molecular flexibility index (Phi) is 4.19. The van der Waals surface area contributed by atoms with E-state index < -0.39 is 0 Å². The zero-order valence-corrected chi connectivity index (χ0v) is 14.3. The molecule has 1 aromatic carbocycles. The third kappa shape index (κ3) is 3.39. The third-order valence-corrected chi connectivity index (χ3v) is 4.71. The Morgan fingerprint density at radius 3 is 2.60 bits per heavy atom. The van der Waals surface area contributed by atoms with Crippen LogP contribution in [0.3, 0.4) is 0 Å². The lowest BCUT2D eigenvalue weighted by atomic mass is 10.1. The van der Waals surface area contributed by atoms with Crippen molar-refractivity contribution >= 4 is 16.9 Å². The maximum atomic E-state index is 11.8. The normalized spacial score (nSPS) is 15.6. The molecule has 0 aliphatic carbocycles. The van der Waals surface area contributed by atoms with E-state index in [4.69, 9.17) is 0 Å². The number of fused-ring (bicyclic) bond motifs is 1. The van der Waals surface area contributed by atoms with Gasteiger partial charge < -0.3 is 9.88 Å². The van der Waals surface area contributed by atoms with E-state index in [-0.39, 0.29) is 5.56 Å². The van der Waals surface area contributed by atoms with Crippen LogP contribution in [0.2, 0.25) is 0 Å². The molecule has 6 heteroatoms. The number of H-pyrrole nitrogens is 1. The zero-order valence-electron chi connectivity index (χ0n) is 14.3. The number of benzene rings is 1. The molecule has 1 aliphatic heterocycles. The Hall–Kier alpha value is -2.73. The Bertz CT molecular complexity index is 929. The van der Waals surface area contributed by atoms with Gasteiger partial charge >= 0.3 is 0 Å². The Balaban J connectivity index is 1.44. The van der Waals surface area contributed by atoms with Crippen molar-refractivity contribution in [3.05, 3.63) is 64.2 Å². The summed E-state index contributed by atoms with van der Waals surface area (Å²) in [6.07, 6.45) is 3.57. The fourth-order valence-corrected chi connectivity index (χ4v) is 3.27. The van der Waals surface area contributed by atoms with Crippen molar-refractivity contribution < 1.29 is 0 Å². The fourth-order valence-electron chi connectivity index (χ4n) is 3.27. The minimum atomic E-state index is -0.0128. The lowest BCUT2D eigenvalue weighted by molar-refractivity contribution is 0.249. The number of hydrogen-bond acceptors (Lipinski definition) is 5. The van der Waals surface area contributed by atoms with Crippen LogP contribution >= 0.6 is 0 Å². The van der Waals surface area contributed by atoms with Crippen LogP contribution in [-0.4, -0.2) is 46.0 Å². The summed E-state index contributed by atoms with van der Waals surface area (Å²) < 4.78 is 0. The quantitative estimate of drug-likeness (QED) is 0.792. The highest BCUT2D eigenvalue weighted by Crippen LogP contribution is 2.17. The standard InChI is InChI=1S/C19H21N5O/c1-14-11-16-4-3-15(12-17(16)22-18(14)25)13-23-7-9-24(10-8-23)19-20-5-2-6-21-19/h2-6,11-12H,7-10,13H2,1H3,(H,22,25). The van der Waals surface area contributed by atoms with Crippen molar-refractivity contribution in [3.8, 4) is 0 Å². The van der Waals surface area contributed by atoms with Gasteiger partial charge in [0.2, 0.25) is 5.95 Å². The van der Waals surface area contributed by atoms with E-state index in [0.717, 1.165) is 55.1 Å². The summed E-state index contributed by atoms with van der Waals surface area (Å²) in [4.78, 5) is 28.1. The maximum Gasteiger partial charge on any atom is 0.251 e. The molecule has 1 fully saturated rings. The lowest BCUT2D eigenvalue weighted by Gasteiger charge is -2.34. The van der Waals surface area contributed by atoms with Gasteiger partial charge in [0.05, 0.1) is 0 Å². The summed E-state index contributed by atoms with van der Waals surface area (Å²) in [6, 6.07) is 10.1. The molecule has 6 nitrogen and oxygen atoms in total. The number of pyridine rings is 1. The summed E-state index contributed by atoms with van der Waals surface area (Å²) in [7, 11) is 0. The van der Waals surface area contributed by atoms with Gasteiger partial charge in [0.25, 0.3) is 5.56 Å². The summed E-state index contributed by atoms with van der Waals surface area (Å²) in [5.41, 5.74) is 2.86. The van der Waals surface area contributed by atoms with Gasteiger partial charge in [0.1, 0.15) is 0 Å². The molecule has 3 aromatic rings. The first-order chi connectivity index (χ1) is 12.2. The van der Waals surface area contributed by atoms with Crippen LogP contribution in [0.1, 0.15) is 11.1 Å². The van der Waals surface area contributed by atoms with E-state index in [9.17, 15) is 4.79 Å². The maximum absolute atomic E-state index is 11.8. The topological polar surface area (TPSA) is 65.1 Å². The molecule has 3 heterocycles. The van der Waals surface area contributed by atoms with Crippen molar-refractivity contribution in [1.29, 1.82) is 0 Å². The van der Waals surface area contributed by atoms with Gasteiger partial charge in [-0.15, -0.1) is 0 Å². The van der Waals surface area contributed by atoms with Crippen LogP contribution in [-0.2, 0) is 6.54 Å². The van der Waals surface area contributed by atoms with Crippen molar-refractivity contribution in [3.63, 3.8) is 0 Å². The number of hydrogen-bond donors (Lipinski definition) is 1. The Morgan fingerprint density at radius 1 is 1.08 bits per heavy atom. The highest BCUT2D eigenvalue weighted by molar-refractivity contribution is 5.79. The van der Waals surface area contributed by atoms with Crippen LogP contribution in [0.4, 0.5) is 5.95 Å². The molecule has 1 aliphatic rings. The summed E-state index contributed by atoms with van der Waals surface area (Å²) in [5, 5.41) is 1.08. The molecule has 0 atom stereocenters. The molecule has 0 amide bonds. The number of piperazine rings is 1. The van der Waals surface area contributed by atoms with Crippen molar-refractivity contribution in [2.24, 2.45) is 0 Å². The number of anilines is 1. The van der Waals surface area contributed by atoms with Crippen LogP contribution in [0.15, 0.2) is 47.5 Å². The zero-order chi connectivity index (χ0) is 17.2. The van der Waals surface area contributed by atoms with Crippen LogP contribution < -0.4 is 10.5 Å². The van der Waals surface area contributed by atoms with E-state index in [1.807, 2.05) is 19.1 Å². The van der Waals surface area contributed by atoms with Crippen molar-refractivity contribution in [2.75, 3.05) is 31.1 Å². The fraction of sp³-hybridized carbons (Fsp3) is 0.316. The van der Waals surface area contributed by atoms with Crippen molar-refractivity contribution in [1.82, 2.24) is 19.9 Å². The Labute approximate surface area is 146 Å². The van der Waals surface area contributed by atoms with E-state index >= 15 is 0 Å². The summed E-state index contributed by atoms with van der Waals surface area (Å²) in [5.74, 6) is 0.806. The van der Waals surface area contributed by atoms with Crippen LogP contribution in [0.5, 0.6) is 0 Å². The number of nitrogens with one attached hydrogen (secondary N) is 1. The lowest BCUT2D eigenvalue weighted by Crippen LogP contribution is -2.46. The van der Waals surface area contributed by atoms with Gasteiger partial charge in [0.15, 0.2) is 0 Å². The molecule has 0 radical (unpaired) electrons. The van der Waals surface area contributed by atoms with Gasteiger partial charge in [-0.2, -0.15) is 0 Å². The van der Waals surface area contributed by atoms with E-state index in [2.05, 4.69) is 43.0 Å². The monoisotopic (exact) mass is 335 g/mol. The van der Waals surface area contributed by atoms with E-state index in [0.29, 0.717) is 0 Å². The van der Waals surface area contributed by atoms with Crippen molar-refractivity contribution in [2.45, 2.75) is 13.5 Å². The van der Waals surface area contributed by atoms with Gasteiger partial charge in [0, 0.05) is 56.2 Å². The summed E-state index contributed by atoms with van der Waals surface area (Å²) >= 11 is 0. The number of nitrogens with zero attached hydrogens (tertiary/aromatic N) is 4. The van der Waals surface area contributed by atoms with Gasteiger partial charge in [-0.25, -0.2) is 9.97 Å². The molecular formula is C19H21N5O. The Morgan fingerprint density at radius 2 is 1.84 bits per heavy atom. The SMILES string of the molecule is Cc1cc2ccc(CN3CCN(c4ncccn4)CC3)cc2[nH]c1=O. The van der Waals surface area contributed by atoms with Gasteiger partial charge in [-0.3, -0.25) is 9.69 Å². The van der Waals surface area contributed by atoms with Crippen LogP contribution in [0, 0.1) is 6.92 Å². The first-order valence-electron chi connectivity index (χ1n) is 8.56. The first-order valence-corrected chi connectivity index (χ1v) is 8.56. The molecule has 0 unspecified atom stereocenters. The smallest absolute Gasteiger partial charge is 0.251 e. The second-order valence-corrected chi connectivity index (χ2v) is 6.52. The minimum absolute atomic E-state index is 0.0128. The first kappa shape index (κ1) is 15.8. The number of rotatable bonds is 3. The van der Waals surface area contributed by atoms with Gasteiger partial charge in [-0.1, -0.05) is 12.1 Å². The molecule has 0 spiro atoms. The molecule has 2 aromatic heterocycles. The third-order valence-electron chi connectivity index (χ3n) is 4.71. The second-order valence-electron chi connectivity index (χ2n) is 6.52. The van der Waals surface area contributed by atoms with E-state index in [1.54, 1.807) is 12.4 Å². The van der Waals surface area contributed by atoms with E-state index in [1.165, 1.54) is 5.56 Å². The number of aromatic nitrogens is 3. The molecule has 1 N–H and O–H groups in total. The predicted molar refractivity (Wildman–Crippen MR) is 98.8 cm³/mol. The highest BCUT2D eigenvalue weighted by Gasteiger charge is 2.18. The van der Waals surface area contributed by atoms with Gasteiger partial charge in [-0.05, 0) is 36.1 Å². The number of aryl methyl sites for hydroxylation is 1. The largest absolute Gasteiger partial charge is 0.338 e. The molecule has 0 saturated carbocycles. The minimum Gasteiger partial charge on any atom is -0.338 e. The highest BCUT2D eigenvalue weighted by atomic mass is 16.1. The molecule has 4 rings (SSSR count). The molecule has 128 valence electrons. The molecule has 1 saturated heterocycles. The van der Waals surface area contributed by atoms with Crippen LogP contribution in [0.25, 0.3) is 10.9 Å². The molecule has 0 bridgehead atoms. The second kappa shape index (κ2) is 6.64. The molecule has 25 heavy (non-hydrogen) atoms. The average molecular weight is 335 g/mol. The molecular weight excluding hydrogens is 314 g/mol. The average Bonchev–Trinajstić information content (AvgIpc) is 2.64. The number of aromatic amines is 1.